The molecule has 0 aromatic heterocycles. The van der Waals surface area contributed by atoms with E-state index in [1.165, 1.54) is 9.80 Å². The Morgan fingerprint density at radius 3 is 1.25 bits per heavy atom. The second-order valence-corrected chi connectivity index (χ2v) is 18.3. The van der Waals surface area contributed by atoms with E-state index in [1.807, 2.05) is 102 Å². The molecule has 4 heterocycles. The summed E-state index contributed by atoms with van der Waals surface area (Å²) >= 11 is 0. The quantitative estimate of drug-likeness (QED) is 0.190. The summed E-state index contributed by atoms with van der Waals surface area (Å²) in [6.07, 6.45) is 10.5. The van der Waals surface area contributed by atoms with E-state index < -0.39 is 12.1 Å². The van der Waals surface area contributed by atoms with E-state index >= 15 is 0 Å². The molecule has 0 bridgehead atoms. The molecule has 0 unspecified atom stereocenters. The number of amides is 4. The molecule has 4 aliphatic rings. The van der Waals surface area contributed by atoms with Crippen molar-refractivity contribution in [1.82, 2.24) is 20.4 Å². The molecule has 2 N–H and O–H groups in total. The Labute approximate surface area is 399 Å². The summed E-state index contributed by atoms with van der Waals surface area (Å²) in [5.74, 6) is 2.69. The summed E-state index contributed by atoms with van der Waals surface area (Å²) in [4.78, 5) is 57.1. The zero-order chi connectivity index (χ0) is 48.5. The topological polar surface area (TPSA) is 154 Å². The minimum absolute atomic E-state index is 0.0955. The Bertz CT molecular complexity index is 2330. The molecule has 4 aliphatic heterocycles. The highest BCUT2D eigenvalue weighted by molar-refractivity contribution is 6.00. The number of nitrogens with one attached hydrogen (secondary N) is 2. The summed E-state index contributed by atoms with van der Waals surface area (Å²) in [7, 11) is 3.35. The van der Waals surface area contributed by atoms with Gasteiger partial charge in [-0.15, -0.1) is 0 Å². The number of rotatable bonds is 4. The van der Waals surface area contributed by atoms with Crippen molar-refractivity contribution in [1.29, 1.82) is 0 Å². The van der Waals surface area contributed by atoms with Gasteiger partial charge in [0.1, 0.15) is 23.6 Å². The minimum atomic E-state index is -0.651. The predicted molar refractivity (Wildman–Crippen MR) is 258 cm³/mol. The van der Waals surface area contributed by atoms with Crippen LogP contribution in [0.5, 0.6) is 34.5 Å². The van der Waals surface area contributed by atoms with E-state index in [1.54, 1.807) is 38.4 Å². The van der Waals surface area contributed by atoms with Gasteiger partial charge in [-0.25, -0.2) is 0 Å². The lowest BCUT2D eigenvalue weighted by Gasteiger charge is -2.32. The van der Waals surface area contributed by atoms with Crippen molar-refractivity contribution < 1.29 is 47.6 Å². The number of likely N-dealkylation sites (N-methyl/N-ethyl adjacent to an activating group) is 2. The van der Waals surface area contributed by atoms with Gasteiger partial charge in [-0.3, -0.25) is 19.2 Å². The molecular formula is C54H64N4O10. The summed E-state index contributed by atoms with van der Waals surface area (Å²) in [6.45, 7) is 12.1. The number of carbonyl (C=O) groups is 4. The first-order valence-electron chi connectivity index (χ1n) is 23.5. The molecule has 68 heavy (non-hydrogen) atoms. The van der Waals surface area contributed by atoms with Crippen molar-refractivity contribution in [3.8, 4) is 34.5 Å². The van der Waals surface area contributed by atoms with Gasteiger partial charge in [0.2, 0.25) is 25.4 Å². The number of fused-ring (bicyclic) bond motifs is 4. The van der Waals surface area contributed by atoms with Gasteiger partial charge in [0.25, 0.3) is 11.8 Å². The summed E-state index contributed by atoms with van der Waals surface area (Å²) in [5, 5.41) is 6.37. The molecule has 4 aromatic carbocycles. The number of hydrogen-bond acceptors (Lipinski definition) is 10. The Kier molecular flexibility index (Phi) is 16.0. The molecule has 14 nitrogen and oxygen atoms in total. The van der Waals surface area contributed by atoms with Crippen LogP contribution in [0.3, 0.4) is 0 Å². The summed E-state index contributed by atoms with van der Waals surface area (Å²) in [6, 6.07) is 23.9. The monoisotopic (exact) mass is 928 g/mol. The Balaban J connectivity index is 0.000000201. The van der Waals surface area contributed by atoms with Crippen LogP contribution in [0.2, 0.25) is 0 Å². The fourth-order valence-electron chi connectivity index (χ4n) is 8.88. The fourth-order valence-corrected chi connectivity index (χ4v) is 8.88. The summed E-state index contributed by atoms with van der Waals surface area (Å²) in [5.41, 5.74) is 2.73. The molecule has 6 atom stereocenters. The first-order chi connectivity index (χ1) is 32.7. The van der Waals surface area contributed by atoms with Gasteiger partial charge in [0.15, 0.2) is 23.0 Å². The molecule has 360 valence electrons. The van der Waals surface area contributed by atoms with E-state index in [4.69, 9.17) is 28.4 Å². The average Bonchev–Trinajstić information content (AvgIpc) is 4.00. The first-order valence-corrected chi connectivity index (χ1v) is 23.5. The van der Waals surface area contributed by atoms with Gasteiger partial charge in [-0.05, 0) is 98.2 Å². The second kappa shape index (κ2) is 22.2. The standard InChI is InChI=1S/2C27H32N2O5/c2*1-17(2)25-26(30)28-21(19-13-14-23-24(15-19)33-16-32-23)11-7-5-9-18(3)34-22-12-8-6-10-20(22)27(31)29(25)4/h2*5-8,10,12-15,17-18,21,25H,9,11,16H2,1-4H3,(H,28,30)/b7-5+;7-5-/t2*18-,21+,25-/m11/s1. The van der Waals surface area contributed by atoms with Crippen LogP contribution in [0.1, 0.15) is 111 Å². The molecular weight excluding hydrogens is 865 g/mol. The number of hydrogen-bond donors (Lipinski definition) is 2. The lowest BCUT2D eigenvalue weighted by molar-refractivity contribution is -0.128. The van der Waals surface area contributed by atoms with Crippen LogP contribution in [0.15, 0.2) is 109 Å². The third-order valence-electron chi connectivity index (χ3n) is 12.4. The molecule has 0 aliphatic carbocycles. The Morgan fingerprint density at radius 2 is 0.853 bits per heavy atom. The first kappa shape index (κ1) is 49.0. The Morgan fingerprint density at radius 1 is 0.485 bits per heavy atom. The number of para-hydroxylation sites is 2. The van der Waals surface area contributed by atoms with Crippen molar-refractivity contribution >= 4 is 23.6 Å². The number of benzene rings is 4. The molecule has 0 radical (unpaired) electrons. The van der Waals surface area contributed by atoms with Crippen LogP contribution in [-0.4, -0.2) is 85.4 Å². The third-order valence-corrected chi connectivity index (χ3v) is 12.4. The zero-order valence-electron chi connectivity index (χ0n) is 40.2. The number of ether oxygens (including phenoxy) is 6. The third kappa shape index (κ3) is 11.6. The van der Waals surface area contributed by atoms with Crippen LogP contribution >= 0.6 is 0 Å². The highest BCUT2D eigenvalue weighted by Crippen LogP contribution is 2.37. The van der Waals surface area contributed by atoms with Crippen molar-refractivity contribution in [3.63, 3.8) is 0 Å². The van der Waals surface area contributed by atoms with E-state index in [9.17, 15) is 19.2 Å². The highest BCUT2D eigenvalue weighted by Gasteiger charge is 2.35. The summed E-state index contributed by atoms with van der Waals surface area (Å²) < 4.78 is 34.2. The maximum Gasteiger partial charge on any atom is 0.258 e. The highest BCUT2D eigenvalue weighted by atomic mass is 16.7. The molecule has 14 heteroatoms. The largest absolute Gasteiger partial charge is 0.490 e. The van der Waals surface area contributed by atoms with Gasteiger partial charge in [-0.1, -0.05) is 88.4 Å². The number of carbonyl (C=O) groups excluding carboxylic acids is 4. The van der Waals surface area contributed by atoms with Crippen LogP contribution in [0, 0.1) is 11.8 Å². The Hall–Kier alpha value is -6.96. The number of nitrogens with zero attached hydrogens (tertiary/aromatic N) is 2. The predicted octanol–water partition coefficient (Wildman–Crippen LogP) is 8.97. The molecule has 0 spiro atoms. The molecule has 0 saturated heterocycles. The lowest BCUT2D eigenvalue weighted by atomic mass is 9.97. The van der Waals surface area contributed by atoms with Gasteiger partial charge in [0, 0.05) is 26.9 Å². The molecule has 0 saturated carbocycles. The normalized spacial score (nSPS) is 24.1. The van der Waals surface area contributed by atoms with Gasteiger partial charge < -0.3 is 48.9 Å². The minimum Gasteiger partial charge on any atom is -0.490 e. The lowest BCUT2D eigenvalue weighted by Crippen LogP contribution is -2.51. The van der Waals surface area contributed by atoms with Crippen molar-refractivity contribution in [2.75, 3.05) is 27.7 Å². The van der Waals surface area contributed by atoms with Gasteiger partial charge in [-0.2, -0.15) is 0 Å². The van der Waals surface area contributed by atoms with Gasteiger partial charge in [0.05, 0.1) is 35.4 Å². The molecule has 8 rings (SSSR count). The van der Waals surface area contributed by atoms with Crippen LogP contribution in [0.25, 0.3) is 0 Å². The van der Waals surface area contributed by atoms with E-state index in [0.29, 0.717) is 71.3 Å². The van der Waals surface area contributed by atoms with E-state index in [2.05, 4.69) is 34.9 Å². The van der Waals surface area contributed by atoms with Gasteiger partial charge >= 0.3 is 0 Å². The van der Waals surface area contributed by atoms with Crippen LogP contribution < -0.4 is 39.1 Å². The fraction of sp³-hybridized carbons (Fsp3) is 0.407. The maximum absolute atomic E-state index is 13.5. The van der Waals surface area contributed by atoms with Crippen LogP contribution in [0.4, 0.5) is 0 Å². The van der Waals surface area contributed by atoms with E-state index in [-0.39, 0.29) is 73.3 Å². The zero-order valence-corrected chi connectivity index (χ0v) is 40.2. The van der Waals surface area contributed by atoms with E-state index in [0.717, 1.165) is 11.1 Å². The molecule has 0 fully saturated rings. The second-order valence-electron chi connectivity index (χ2n) is 18.3. The van der Waals surface area contributed by atoms with Crippen molar-refractivity contribution in [2.45, 2.75) is 104 Å². The SMILES string of the molecule is CC(C)[C@@H]1C(=O)N[C@H](c2ccc3c(c2)OCO3)C/C=C/C[C@@H](C)Oc2ccccc2C(=O)N1C.CC(C)[C@@H]1C(=O)N[C@H](c2ccc3c(c2)OCO3)C/C=C\C[C@@H](C)Oc2ccccc2C(=O)N1C. The molecule has 4 aromatic rings. The van der Waals surface area contributed by atoms with Crippen molar-refractivity contribution in [3.05, 3.63) is 131 Å². The van der Waals surface area contributed by atoms with Crippen molar-refractivity contribution in [2.24, 2.45) is 11.8 Å². The maximum atomic E-state index is 13.5. The smallest absolute Gasteiger partial charge is 0.258 e. The average molecular weight is 929 g/mol. The molecule has 4 amide bonds. The van der Waals surface area contributed by atoms with Crippen LogP contribution in [-0.2, 0) is 9.59 Å².